The first-order valence-corrected chi connectivity index (χ1v) is 7.40. The minimum atomic E-state index is -0.223. The van der Waals surface area contributed by atoms with Crippen LogP contribution in [0, 0.1) is 0 Å². The third-order valence-electron chi connectivity index (χ3n) is 3.68. The van der Waals surface area contributed by atoms with E-state index in [1.807, 2.05) is 25.0 Å². The minimum Gasteiger partial charge on any atom is -0.312 e. The summed E-state index contributed by atoms with van der Waals surface area (Å²) in [6.07, 6.45) is 2.73. The van der Waals surface area contributed by atoms with Gasteiger partial charge in [-0.25, -0.2) is 0 Å². The summed E-state index contributed by atoms with van der Waals surface area (Å²) in [5.74, 6) is 0.323. The Labute approximate surface area is 153 Å². The third-order valence-corrected chi connectivity index (χ3v) is 3.68. The van der Waals surface area contributed by atoms with Crippen LogP contribution >= 0.6 is 24.8 Å². The van der Waals surface area contributed by atoms with Crippen LogP contribution in [0.2, 0.25) is 0 Å². The number of anilines is 1. The summed E-state index contributed by atoms with van der Waals surface area (Å²) in [6, 6.07) is 1.80. The van der Waals surface area contributed by atoms with Gasteiger partial charge in [-0.3, -0.25) is 14.6 Å². The molecule has 0 atom stereocenters. The molecule has 1 aliphatic heterocycles. The standard InChI is InChI=1S/C14H21N7O.2ClH/c1-20(2)7-8-21-6-4-12(19-21)16-14(22)13-10-9-15-5-3-11(10)17-18-13;;/h4,6,15H,3,5,7-9H2,1-2H3,(H,17,18)(H,16,19,22);2*1H. The summed E-state index contributed by atoms with van der Waals surface area (Å²) in [6.45, 7) is 3.26. The van der Waals surface area contributed by atoms with Crippen LogP contribution in [0.25, 0.3) is 0 Å². The van der Waals surface area contributed by atoms with E-state index in [1.165, 1.54) is 0 Å². The van der Waals surface area contributed by atoms with Gasteiger partial charge in [0.25, 0.3) is 5.91 Å². The highest BCUT2D eigenvalue weighted by Gasteiger charge is 2.21. The molecular weight excluding hydrogens is 353 g/mol. The Hall–Kier alpha value is -1.61. The molecule has 3 N–H and O–H groups in total. The molecule has 1 amide bonds. The SMILES string of the molecule is CN(C)CCn1ccc(NC(=O)c2n[nH]c3c2CNCC3)n1.Cl.Cl. The maximum Gasteiger partial charge on any atom is 0.277 e. The van der Waals surface area contributed by atoms with Gasteiger partial charge in [0.2, 0.25) is 0 Å². The van der Waals surface area contributed by atoms with E-state index in [9.17, 15) is 4.79 Å². The monoisotopic (exact) mass is 375 g/mol. The van der Waals surface area contributed by atoms with E-state index in [-0.39, 0.29) is 30.7 Å². The highest BCUT2D eigenvalue weighted by Crippen LogP contribution is 2.16. The zero-order valence-corrected chi connectivity index (χ0v) is 15.3. The van der Waals surface area contributed by atoms with Gasteiger partial charge in [0.1, 0.15) is 0 Å². The quantitative estimate of drug-likeness (QED) is 0.722. The maximum absolute atomic E-state index is 12.3. The number of aromatic nitrogens is 4. The van der Waals surface area contributed by atoms with Crippen LogP contribution in [0.15, 0.2) is 12.3 Å². The van der Waals surface area contributed by atoms with Gasteiger partial charge < -0.3 is 15.5 Å². The summed E-state index contributed by atoms with van der Waals surface area (Å²) >= 11 is 0. The molecule has 0 bridgehead atoms. The van der Waals surface area contributed by atoms with Crippen molar-refractivity contribution in [3.63, 3.8) is 0 Å². The van der Waals surface area contributed by atoms with Crippen molar-refractivity contribution in [3.05, 3.63) is 29.2 Å². The van der Waals surface area contributed by atoms with Crippen LogP contribution in [0.5, 0.6) is 0 Å². The fourth-order valence-electron chi connectivity index (χ4n) is 2.44. The molecule has 0 aliphatic carbocycles. The average Bonchev–Trinajstić information content (AvgIpc) is 3.11. The van der Waals surface area contributed by atoms with Crippen molar-refractivity contribution in [2.45, 2.75) is 19.5 Å². The van der Waals surface area contributed by atoms with Crippen LogP contribution in [0.3, 0.4) is 0 Å². The van der Waals surface area contributed by atoms with Crippen LogP contribution in [-0.2, 0) is 19.5 Å². The lowest BCUT2D eigenvalue weighted by atomic mass is 10.1. The van der Waals surface area contributed by atoms with Gasteiger partial charge in [0.05, 0.1) is 6.54 Å². The van der Waals surface area contributed by atoms with Gasteiger partial charge >= 0.3 is 0 Å². The van der Waals surface area contributed by atoms with Crippen molar-refractivity contribution < 1.29 is 4.79 Å². The van der Waals surface area contributed by atoms with Gasteiger partial charge in [-0.05, 0) is 14.1 Å². The Kier molecular flexibility index (Phi) is 7.68. The van der Waals surface area contributed by atoms with E-state index in [0.29, 0.717) is 18.1 Å². The van der Waals surface area contributed by atoms with Gasteiger partial charge in [-0.2, -0.15) is 10.2 Å². The van der Waals surface area contributed by atoms with Crippen molar-refractivity contribution in [3.8, 4) is 0 Å². The largest absolute Gasteiger partial charge is 0.312 e. The van der Waals surface area contributed by atoms with Gasteiger partial charge in [-0.15, -0.1) is 24.8 Å². The van der Waals surface area contributed by atoms with E-state index in [2.05, 4.69) is 30.8 Å². The Morgan fingerprint density at radius 2 is 2.21 bits per heavy atom. The van der Waals surface area contributed by atoms with Crippen LogP contribution < -0.4 is 10.6 Å². The topological polar surface area (TPSA) is 90.9 Å². The lowest BCUT2D eigenvalue weighted by Gasteiger charge is -2.12. The number of halogens is 2. The van der Waals surface area contributed by atoms with E-state index in [0.717, 1.165) is 37.3 Å². The maximum atomic E-state index is 12.3. The number of carbonyl (C=O) groups excluding carboxylic acids is 1. The predicted molar refractivity (Wildman–Crippen MR) is 97.2 cm³/mol. The minimum absolute atomic E-state index is 0. The molecule has 0 spiro atoms. The lowest BCUT2D eigenvalue weighted by molar-refractivity contribution is 0.102. The first kappa shape index (κ1) is 20.4. The average molecular weight is 376 g/mol. The number of nitrogens with one attached hydrogen (secondary N) is 3. The molecule has 134 valence electrons. The number of nitrogens with zero attached hydrogens (tertiary/aromatic N) is 4. The number of amides is 1. The first-order chi connectivity index (χ1) is 10.6. The Bertz CT molecular complexity index is 668. The Balaban J connectivity index is 0.00000144. The summed E-state index contributed by atoms with van der Waals surface area (Å²) < 4.78 is 1.82. The third kappa shape index (κ3) is 4.70. The molecule has 2 aromatic rings. The van der Waals surface area contributed by atoms with Gasteiger partial charge in [0, 0.05) is 49.6 Å². The number of H-pyrrole nitrogens is 1. The molecule has 0 aromatic carbocycles. The lowest BCUT2D eigenvalue weighted by Crippen LogP contribution is -2.25. The van der Waals surface area contributed by atoms with Crippen molar-refractivity contribution in [2.75, 3.05) is 32.5 Å². The number of fused-ring (bicyclic) bond motifs is 1. The molecule has 2 aromatic heterocycles. The second kappa shape index (κ2) is 9.03. The van der Waals surface area contributed by atoms with Crippen molar-refractivity contribution >= 4 is 36.5 Å². The normalized spacial score (nSPS) is 13.0. The molecule has 8 nitrogen and oxygen atoms in total. The van der Waals surface area contributed by atoms with Crippen molar-refractivity contribution in [2.24, 2.45) is 0 Å². The molecule has 0 saturated carbocycles. The van der Waals surface area contributed by atoms with Gasteiger partial charge in [0.15, 0.2) is 11.5 Å². The molecule has 1 aliphatic rings. The molecule has 0 unspecified atom stereocenters. The van der Waals surface area contributed by atoms with Crippen LogP contribution in [0.4, 0.5) is 5.82 Å². The fourth-order valence-corrected chi connectivity index (χ4v) is 2.44. The van der Waals surface area contributed by atoms with Gasteiger partial charge in [-0.1, -0.05) is 0 Å². The molecule has 10 heteroatoms. The Morgan fingerprint density at radius 3 is 2.96 bits per heavy atom. The van der Waals surface area contributed by atoms with Crippen molar-refractivity contribution in [1.29, 1.82) is 0 Å². The molecule has 0 radical (unpaired) electrons. The van der Waals surface area contributed by atoms with E-state index in [1.54, 1.807) is 6.07 Å². The van der Waals surface area contributed by atoms with Crippen molar-refractivity contribution in [1.82, 2.24) is 30.2 Å². The highest BCUT2D eigenvalue weighted by atomic mass is 35.5. The summed E-state index contributed by atoms with van der Waals surface area (Å²) in [5, 5.41) is 17.5. The molecule has 24 heavy (non-hydrogen) atoms. The van der Waals surface area contributed by atoms with Crippen LogP contribution in [0.1, 0.15) is 21.7 Å². The summed E-state index contributed by atoms with van der Waals surface area (Å²) in [4.78, 5) is 14.4. The first-order valence-electron chi connectivity index (χ1n) is 7.40. The van der Waals surface area contributed by atoms with Crippen LogP contribution in [-0.4, -0.2) is 58.0 Å². The number of hydrogen-bond acceptors (Lipinski definition) is 5. The predicted octanol–water partition coefficient (Wildman–Crippen LogP) is 0.909. The molecular formula is C14H23Cl2N7O. The van der Waals surface area contributed by atoms with E-state index >= 15 is 0 Å². The number of carbonyl (C=O) groups is 1. The molecule has 3 heterocycles. The number of aromatic amines is 1. The second-order valence-electron chi connectivity index (χ2n) is 5.68. The zero-order chi connectivity index (χ0) is 15.5. The molecule has 3 rings (SSSR count). The van der Waals surface area contributed by atoms with E-state index < -0.39 is 0 Å². The fraction of sp³-hybridized carbons (Fsp3) is 0.500. The zero-order valence-electron chi connectivity index (χ0n) is 13.7. The second-order valence-corrected chi connectivity index (χ2v) is 5.68. The number of rotatable bonds is 5. The summed E-state index contributed by atoms with van der Waals surface area (Å²) in [7, 11) is 4.03. The number of likely N-dealkylation sites (N-methyl/N-ethyl adjacent to an activating group) is 1. The molecule has 0 fully saturated rings. The molecule has 0 saturated heterocycles. The van der Waals surface area contributed by atoms with E-state index in [4.69, 9.17) is 0 Å². The Morgan fingerprint density at radius 1 is 1.42 bits per heavy atom. The highest BCUT2D eigenvalue weighted by molar-refractivity contribution is 6.03. The smallest absolute Gasteiger partial charge is 0.277 e. The summed E-state index contributed by atoms with van der Waals surface area (Å²) in [5.41, 5.74) is 2.45. The number of hydrogen-bond donors (Lipinski definition) is 3.